The average Bonchev–Trinajstić information content (AvgIpc) is 2.55. The molecular formula is C19H26N2O. The third kappa shape index (κ3) is 4.29. The lowest BCUT2D eigenvalue weighted by molar-refractivity contribution is 0.337. The highest BCUT2D eigenvalue weighted by Crippen LogP contribution is 2.21. The Kier molecular flexibility index (Phi) is 5.90. The number of para-hydroxylation sites is 1. The van der Waals surface area contributed by atoms with Gasteiger partial charge < -0.3 is 4.74 Å². The monoisotopic (exact) mass is 298 g/mol. The van der Waals surface area contributed by atoms with Crippen LogP contribution in [0.15, 0.2) is 65.4 Å². The van der Waals surface area contributed by atoms with E-state index in [1.165, 1.54) is 11.1 Å². The molecule has 0 bridgehead atoms. The molecule has 118 valence electrons. The van der Waals surface area contributed by atoms with E-state index in [9.17, 15) is 0 Å². The summed E-state index contributed by atoms with van der Waals surface area (Å²) in [6.07, 6.45) is 6.54. The SMILES string of the molecule is CCOc1ccccc1C/C(C)=C/C(=NC)c1ccncc1.[HH].[HH]. The van der Waals surface area contributed by atoms with Crippen LogP contribution in [0.5, 0.6) is 5.75 Å². The topological polar surface area (TPSA) is 34.5 Å². The van der Waals surface area contributed by atoms with Crippen molar-refractivity contribution >= 4 is 5.71 Å². The number of rotatable bonds is 6. The highest BCUT2D eigenvalue weighted by atomic mass is 16.5. The average molecular weight is 298 g/mol. The Morgan fingerprint density at radius 1 is 1.23 bits per heavy atom. The van der Waals surface area contributed by atoms with Crippen LogP contribution in [0, 0.1) is 0 Å². The second kappa shape index (κ2) is 8.13. The van der Waals surface area contributed by atoms with E-state index in [4.69, 9.17) is 4.74 Å². The van der Waals surface area contributed by atoms with Crippen molar-refractivity contribution in [3.05, 3.63) is 71.6 Å². The highest BCUT2D eigenvalue weighted by molar-refractivity contribution is 6.08. The molecule has 1 aromatic heterocycles. The lowest BCUT2D eigenvalue weighted by atomic mass is 10.0. The molecule has 0 spiro atoms. The number of hydrogen-bond donors (Lipinski definition) is 0. The van der Waals surface area contributed by atoms with Gasteiger partial charge in [0.1, 0.15) is 5.75 Å². The van der Waals surface area contributed by atoms with Crippen molar-refractivity contribution in [2.24, 2.45) is 4.99 Å². The van der Waals surface area contributed by atoms with Crippen LogP contribution >= 0.6 is 0 Å². The quantitative estimate of drug-likeness (QED) is 0.732. The molecular weight excluding hydrogens is 272 g/mol. The second-order valence-corrected chi connectivity index (χ2v) is 5.05. The minimum atomic E-state index is 0. The fraction of sp³-hybridized carbons (Fsp3) is 0.263. The maximum Gasteiger partial charge on any atom is 0.122 e. The zero-order valence-corrected chi connectivity index (χ0v) is 13.4. The first-order valence-corrected chi connectivity index (χ1v) is 7.49. The molecule has 2 rings (SSSR count). The Bertz CT molecular complexity index is 670. The fourth-order valence-corrected chi connectivity index (χ4v) is 2.33. The Morgan fingerprint density at radius 3 is 2.64 bits per heavy atom. The van der Waals surface area contributed by atoms with Crippen molar-refractivity contribution in [3.63, 3.8) is 0 Å². The van der Waals surface area contributed by atoms with Crippen LogP contribution in [0.25, 0.3) is 0 Å². The molecule has 0 unspecified atom stereocenters. The van der Waals surface area contributed by atoms with Crippen LogP contribution in [0.3, 0.4) is 0 Å². The maximum atomic E-state index is 5.69. The van der Waals surface area contributed by atoms with Gasteiger partial charge in [-0.25, -0.2) is 0 Å². The Balaban J connectivity index is 0.00000264. The third-order valence-electron chi connectivity index (χ3n) is 3.34. The first-order chi connectivity index (χ1) is 10.7. The van der Waals surface area contributed by atoms with Gasteiger partial charge in [0.15, 0.2) is 0 Å². The third-order valence-corrected chi connectivity index (χ3v) is 3.34. The van der Waals surface area contributed by atoms with Crippen LogP contribution < -0.4 is 4.74 Å². The van der Waals surface area contributed by atoms with Crippen LogP contribution in [-0.4, -0.2) is 24.4 Å². The van der Waals surface area contributed by atoms with Gasteiger partial charge in [0, 0.05) is 27.9 Å². The Hall–Kier alpha value is -2.42. The predicted octanol–water partition coefficient (Wildman–Crippen LogP) is 4.58. The van der Waals surface area contributed by atoms with Gasteiger partial charge >= 0.3 is 0 Å². The van der Waals surface area contributed by atoms with Crippen LogP contribution in [0.4, 0.5) is 0 Å². The number of aromatic nitrogens is 1. The predicted molar refractivity (Wildman–Crippen MR) is 96.0 cm³/mol. The number of nitrogens with zero attached hydrogens (tertiary/aromatic N) is 2. The summed E-state index contributed by atoms with van der Waals surface area (Å²) in [6, 6.07) is 12.1. The van der Waals surface area contributed by atoms with Gasteiger partial charge in [0.25, 0.3) is 0 Å². The fourth-order valence-electron chi connectivity index (χ4n) is 2.33. The van der Waals surface area contributed by atoms with E-state index in [0.717, 1.165) is 23.4 Å². The summed E-state index contributed by atoms with van der Waals surface area (Å²) in [5, 5.41) is 0. The standard InChI is InChI=1S/C19H22N2O.2H2/c1-4-22-19-8-6-5-7-17(19)13-15(2)14-18(20-3)16-9-11-21-12-10-16;;/h5-12,14H,4,13H2,1-3H3;2*1H/b15-14+,20-18?;;. The van der Waals surface area contributed by atoms with E-state index >= 15 is 0 Å². The largest absolute Gasteiger partial charge is 0.494 e. The van der Waals surface area contributed by atoms with E-state index in [2.05, 4.69) is 29.0 Å². The molecule has 0 radical (unpaired) electrons. The van der Waals surface area contributed by atoms with E-state index in [1.54, 1.807) is 12.4 Å². The van der Waals surface area contributed by atoms with Gasteiger partial charge in [-0.2, -0.15) is 0 Å². The van der Waals surface area contributed by atoms with Crippen molar-refractivity contribution in [1.82, 2.24) is 4.98 Å². The molecule has 0 atom stereocenters. The molecule has 0 saturated carbocycles. The molecule has 22 heavy (non-hydrogen) atoms. The Morgan fingerprint density at radius 2 is 1.95 bits per heavy atom. The molecule has 0 saturated heterocycles. The summed E-state index contributed by atoms with van der Waals surface area (Å²) in [5.74, 6) is 0.955. The first-order valence-electron chi connectivity index (χ1n) is 7.49. The number of hydrogen-bond acceptors (Lipinski definition) is 3. The van der Waals surface area contributed by atoms with Gasteiger partial charge in [-0.3, -0.25) is 9.98 Å². The van der Waals surface area contributed by atoms with Crippen molar-refractivity contribution in [1.29, 1.82) is 0 Å². The summed E-state index contributed by atoms with van der Waals surface area (Å²) >= 11 is 0. The second-order valence-electron chi connectivity index (χ2n) is 5.05. The zero-order valence-electron chi connectivity index (χ0n) is 13.4. The van der Waals surface area contributed by atoms with Crippen LogP contribution in [0.1, 0.15) is 27.8 Å². The Labute approximate surface area is 135 Å². The minimum Gasteiger partial charge on any atom is -0.494 e. The lowest BCUT2D eigenvalue weighted by Gasteiger charge is -2.10. The molecule has 0 amide bonds. The van der Waals surface area contributed by atoms with Gasteiger partial charge in [0.05, 0.1) is 12.3 Å². The van der Waals surface area contributed by atoms with Crippen molar-refractivity contribution in [2.45, 2.75) is 20.3 Å². The number of allylic oxidation sites excluding steroid dienone is 2. The molecule has 0 aliphatic carbocycles. The molecule has 3 nitrogen and oxygen atoms in total. The molecule has 0 aliphatic heterocycles. The molecule has 1 heterocycles. The highest BCUT2D eigenvalue weighted by Gasteiger charge is 2.05. The van der Waals surface area contributed by atoms with E-state index in [1.807, 2.05) is 44.3 Å². The van der Waals surface area contributed by atoms with Gasteiger partial charge in [-0.1, -0.05) is 23.8 Å². The summed E-state index contributed by atoms with van der Waals surface area (Å²) in [5.41, 5.74) is 4.48. The van der Waals surface area contributed by atoms with Crippen molar-refractivity contribution in [2.75, 3.05) is 13.7 Å². The molecule has 0 aliphatic rings. The summed E-state index contributed by atoms with van der Waals surface area (Å²) < 4.78 is 5.69. The number of pyridine rings is 1. The normalized spacial score (nSPS) is 12.3. The molecule has 3 heteroatoms. The van der Waals surface area contributed by atoms with Gasteiger partial charge in [0.2, 0.25) is 0 Å². The molecule has 0 N–H and O–H groups in total. The maximum absolute atomic E-state index is 5.69. The molecule has 2 aromatic rings. The molecule has 0 fully saturated rings. The van der Waals surface area contributed by atoms with Gasteiger partial charge in [-0.05, 0) is 50.1 Å². The van der Waals surface area contributed by atoms with E-state index in [-0.39, 0.29) is 2.85 Å². The summed E-state index contributed by atoms with van der Waals surface area (Å²) in [7, 11) is 1.81. The summed E-state index contributed by atoms with van der Waals surface area (Å²) in [6.45, 7) is 4.80. The van der Waals surface area contributed by atoms with Crippen LogP contribution in [0.2, 0.25) is 0 Å². The van der Waals surface area contributed by atoms with E-state index in [0.29, 0.717) is 6.61 Å². The number of aliphatic imine (C=N–C) groups is 1. The summed E-state index contributed by atoms with van der Waals surface area (Å²) in [4.78, 5) is 8.43. The molecule has 1 aromatic carbocycles. The van der Waals surface area contributed by atoms with E-state index < -0.39 is 0 Å². The minimum absolute atomic E-state index is 0. The van der Waals surface area contributed by atoms with Gasteiger partial charge in [-0.15, -0.1) is 0 Å². The van der Waals surface area contributed by atoms with Crippen molar-refractivity contribution < 1.29 is 7.59 Å². The lowest BCUT2D eigenvalue weighted by Crippen LogP contribution is -2.01. The smallest absolute Gasteiger partial charge is 0.122 e. The first kappa shape index (κ1) is 16.0. The zero-order chi connectivity index (χ0) is 15.8. The number of ether oxygens (including phenoxy) is 1. The number of benzene rings is 1. The van der Waals surface area contributed by atoms with Crippen LogP contribution in [-0.2, 0) is 6.42 Å². The van der Waals surface area contributed by atoms with Crippen molar-refractivity contribution in [3.8, 4) is 5.75 Å².